The Morgan fingerprint density at radius 2 is 1.86 bits per heavy atom. The van der Waals surface area contributed by atoms with Gasteiger partial charge in [-0.2, -0.15) is 0 Å². The first-order valence-electron chi connectivity index (χ1n) is 15.2. The third-order valence-electron chi connectivity index (χ3n) is 10.6. The Bertz CT molecular complexity index is 1600. The fraction of sp³-hybridized carbons (Fsp3) is 0.548. The lowest BCUT2D eigenvalue weighted by molar-refractivity contribution is -0.125. The number of pyridine rings is 2. The maximum absolute atomic E-state index is 16.1. The van der Waals surface area contributed by atoms with Crippen molar-refractivity contribution in [1.82, 2.24) is 30.8 Å². The molecule has 0 aromatic carbocycles. The number of aromatic nitrogens is 4. The monoisotopic (exact) mass is 641 g/mol. The average molecular weight is 643 g/mol. The van der Waals surface area contributed by atoms with Gasteiger partial charge >= 0.3 is 0 Å². The molecule has 5 heterocycles. The smallest absolute Gasteiger partial charge is 0.238 e. The van der Waals surface area contributed by atoms with Gasteiger partial charge in [0.05, 0.1) is 6.04 Å². The van der Waals surface area contributed by atoms with Crippen LogP contribution in [0.25, 0.3) is 0 Å². The lowest BCUT2D eigenvalue weighted by Gasteiger charge is -2.50. The van der Waals surface area contributed by atoms with Gasteiger partial charge in [-0.25, -0.2) is 14.4 Å². The number of rotatable bonds is 4. The molecular weight excluding hydrogens is 608 g/mol. The van der Waals surface area contributed by atoms with Crippen LogP contribution in [0.5, 0.6) is 0 Å². The molecule has 3 fully saturated rings. The van der Waals surface area contributed by atoms with E-state index in [-0.39, 0.29) is 45.1 Å². The normalized spacial score (nSPS) is 30.3. The first kappa shape index (κ1) is 29.6. The second-order valence-corrected chi connectivity index (χ2v) is 14.2. The minimum Gasteiger partial charge on any atom is -0.428 e. The SMILES string of the molecule is CC1(C)CCC2(CC1)N[C@@H](C(=O)N[C@H]1CC[C@H](c3nnco3)CC1)[C@H](c1ccnc(Cl)c1F)[C@]21C(=O)Nc2cc(Cl)ncc21. The second kappa shape index (κ2) is 10.7. The largest absolute Gasteiger partial charge is 0.428 e. The molecule has 0 radical (unpaired) electrons. The molecule has 2 amide bonds. The Hall–Kier alpha value is -3.15. The molecule has 13 heteroatoms. The molecule has 2 aliphatic heterocycles. The van der Waals surface area contributed by atoms with E-state index in [1.165, 1.54) is 18.7 Å². The van der Waals surface area contributed by atoms with Crippen LogP contribution >= 0.6 is 23.2 Å². The number of hydrogen-bond acceptors (Lipinski definition) is 8. The molecule has 3 aromatic heterocycles. The zero-order chi connectivity index (χ0) is 30.9. The van der Waals surface area contributed by atoms with Gasteiger partial charge in [-0.05, 0) is 74.5 Å². The van der Waals surface area contributed by atoms with Crippen molar-refractivity contribution in [2.24, 2.45) is 5.41 Å². The van der Waals surface area contributed by atoms with Crippen molar-refractivity contribution in [3.63, 3.8) is 0 Å². The number of halogens is 3. The van der Waals surface area contributed by atoms with Crippen molar-refractivity contribution in [3.8, 4) is 0 Å². The Kier molecular flexibility index (Phi) is 7.21. The van der Waals surface area contributed by atoms with E-state index < -0.39 is 28.7 Å². The maximum Gasteiger partial charge on any atom is 0.238 e. The molecule has 2 saturated carbocycles. The average Bonchev–Trinajstić information content (AvgIpc) is 3.70. The predicted octanol–water partition coefficient (Wildman–Crippen LogP) is 5.43. The molecule has 3 aromatic rings. The summed E-state index contributed by atoms with van der Waals surface area (Å²) in [4.78, 5) is 37.3. The van der Waals surface area contributed by atoms with Gasteiger partial charge in [-0.15, -0.1) is 10.2 Å². The van der Waals surface area contributed by atoms with Gasteiger partial charge in [0.2, 0.25) is 24.1 Å². The number of carbonyl (C=O) groups is 2. The van der Waals surface area contributed by atoms with E-state index in [1.807, 2.05) is 0 Å². The highest BCUT2D eigenvalue weighted by Crippen LogP contribution is 2.63. The van der Waals surface area contributed by atoms with E-state index in [1.54, 1.807) is 12.3 Å². The number of anilines is 1. The van der Waals surface area contributed by atoms with E-state index in [0.717, 1.165) is 38.5 Å². The van der Waals surface area contributed by atoms with Crippen molar-refractivity contribution in [3.05, 3.63) is 64.1 Å². The molecule has 4 aliphatic rings. The first-order valence-corrected chi connectivity index (χ1v) is 15.9. The van der Waals surface area contributed by atoms with Gasteiger partial charge in [-0.3, -0.25) is 14.9 Å². The second-order valence-electron chi connectivity index (χ2n) is 13.5. The van der Waals surface area contributed by atoms with Gasteiger partial charge in [0.15, 0.2) is 11.0 Å². The van der Waals surface area contributed by atoms with Gasteiger partial charge in [0.1, 0.15) is 10.6 Å². The molecular formula is C31H34Cl2FN7O3. The standard InChI is InChI=1S/C31H34Cl2FN7O3/c1-29(2)8-10-30(11-9-29)31(19-14-36-21(32)13-20(19)39-28(31)43)22(18-7-12-35-25(33)23(18)34)24(40-30)26(42)38-17-5-3-16(4-6-17)27-41-37-15-44-27/h7,12-17,22,24,40H,3-6,8-11H2,1-2H3,(H,38,42)(H,39,43)/t16-,17-,22-,24+,31+/m0/s1. The summed E-state index contributed by atoms with van der Waals surface area (Å²) in [5.41, 5.74) is -0.893. The molecule has 2 aliphatic carbocycles. The fourth-order valence-electron chi connectivity index (χ4n) is 8.35. The number of nitrogens with one attached hydrogen (secondary N) is 3. The van der Waals surface area contributed by atoms with Crippen LogP contribution in [-0.2, 0) is 15.0 Å². The molecule has 7 rings (SSSR count). The van der Waals surface area contributed by atoms with Crippen molar-refractivity contribution < 1.29 is 18.4 Å². The zero-order valence-corrected chi connectivity index (χ0v) is 26.0. The highest BCUT2D eigenvalue weighted by atomic mass is 35.5. The molecule has 3 atom stereocenters. The van der Waals surface area contributed by atoms with Gasteiger partial charge in [-0.1, -0.05) is 37.0 Å². The number of nitrogens with zero attached hydrogens (tertiary/aromatic N) is 4. The summed E-state index contributed by atoms with van der Waals surface area (Å²) in [5.74, 6) is -1.52. The van der Waals surface area contributed by atoms with Crippen LogP contribution < -0.4 is 16.0 Å². The van der Waals surface area contributed by atoms with Crippen LogP contribution in [0.3, 0.4) is 0 Å². The van der Waals surface area contributed by atoms with Crippen LogP contribution in [0.15, 0.2) is 35.3 Å². The molecule has 0 unspecified atom stereocenters. The van der Waals surface area contributed by atoms with E-state index in [0.29, 0.717) is 30.0 Å². The van der Waals surface area contributed by atoms with Crippen LogP contribution in [0.1, 0.15) is 94.1 Å². The summed E-state index contributed by atoms with van der Waals surface area (Å²) in [7, 11) is 0. The minimum absolute atomic E-state index is 0.0440. The molecule has 0 bridgehead atoms. The Morgan fingerprint density at radius 3 is 2.57 bits per heavy atom. The van der Waals surface area contributed by atoms with Crippen LogP contribution in [0.4, 0.5) is 10.1 Å². The van der Waals surface area contributed by atoms with Crippen molar-refractivity contribution in [2.45, 2.75) is 100 Å². The van der Waals surface area contributed by atoms with Crippen LogP contribution in [0, 0.1) is 11.2 Å². The number of hydrogen-bond donors (Lipinski definition) is 3. The molecule has 3 N–H and O–H groups in total. The summed E-state index contributed by atoms with van der Waals surface area (Å²) in [5, 5.41) is 17.7. The topological polar surface area (TPSA) is 135 Å². The summed E-state index contributed by atoms with van der Waals surface area (Å²) in [6.45, 7) is 4.42. The lowest BCUT2D eigenvalue weighted by atomic mass is 9.53. The van der Waals surface area contributed by atoms with E-state index in [2.05, 4.69) is 50.0 Å². The number of fused-ring (bicyclic) bond motifs is 3. The lowest BCUT2D eigenvalue weighted by Crippen LogP contribution is -2.61. The molecule has 232 valence electrons. The fourth-order valence-corrected chi connectivity index (χ4v) is 8.67. The summed E-state index contributed by atoms with van der Waals surface area (Å²) < 4.78 is 21.5. The molecule has 44 heavy (non-hydrogen) atoms. The number of amides is 2. The number of carbonyl (C=O) groups excluding carboxylic acids is 2. The Balaban J connectivity index is 1.31. The van der Waals surface area contributed by atoms with Crippen molar-refractivity contribution in [1.29, 1.82) is 0 Å². The van der Waals surface area contributed by atoms with Gasteiger partial charge in [0.25, 0.3) is 0 Å². The van der Waals surface area contributed by atoms with Crippen LogP contribution in [-0.4, -0.2) is 49.6 Å². The molecule has 1 saturated heterocycles. The highest BCUT2D eigenvalue weighted by Gasteiger charge is 2.73. The molecule has 10 nitrogen and oxygen atoms in total. The van der Waals surface area contributed by atoms with E-state index >= 15 is 4.39 Å². The first-order chi connectivity index (χ1) is 21.0. The van der Waals surface area contributed by atoms with Gasteiger partial charge < -0.3 is 15.1 Å². The van der Waals surface area contributed by atoms with Crippen molar-refractivity contribution >= 4 is 40.7 Å². The maximum atomic E-state index is 16.1. The van der Waals surface area contributed by atoms with E-state index in [4.69, 9.17) is 27.6 Å². The van der Waals surface area contributed by atoms with Gasteiger partial charge in [0, 0.05) is 47.1 Å². The van der Waals surface area contributed by atoms with Crippen LogP contribution in [0.2, 0.25) is 10.3 Å². The summed E-state index contributed by atoms with van der Waals surface area (Å²) >= 11 is 12.5. The predicted molar refractivity (Wildman–Crippen MR) is 161 cm³/mol. The zero-order valence-electron chi connectivity index (χ0n) is 24.5. The highest BCUT2D eigenvalue weighted by molar-refractivity contribution is 6.30. The summed E-state index contributed by atoms with van der Waals surface area (Å²) in [6, 6.07) is 2.11. The Morgan fingerprint density at radius 1 is 1.11 bits per heavy atom. The van der Waals surface area contributed by atoms with Crippen molar-refractivity contribution in [2.75, 3.05) is 5.32 Å². The van der Waals surface area contributed by atoms with E-state index in [9.17, 15) is 9.59 Å². The minimum atomic E-state index is -1.36. The third-order valence-corrected chi connectivity index (χ3v) is 11.1. The third kappa shape index (κ3) is 4.53. The quantitative estimate of drug-likeness (QED) is 0.321. The Labute approximate surface area is 264 Å². The molecule has 2 spiro atoms. The summed E-state index contributed by atoms with van der Waals surface area (Å²) in [6.07, 6.45) is 10.2.